The molecule has 2 rings (SSSR count). The number of hydrogen-bond donors (Lipinski definition) is 3. The predicted molar refractivity (Wildman–Crippen MR) is 61.6 cm³/mol. The number of carbonyl (C=O) groups is 1. The molecular weight excluding hydrogens is 208 g/mol. The maximum atomic E-state index is 11.1. The Morgan fingerprint density at radius 2 is 1.94 bits per heavy atom. The van der Waals surface area contributed by atoms with Gasteiger partial charge >= 0.3 is 5.97 Å². The van der Waals surface area contributed by atoms with Crippen molar-refractivity contribution >= 4 is 16.9 Å². The molecule has 0 bridgehead atoms. The number of hydrogen-bond acceptors (Lipinski definition) is 3. The van der Waals surface area contributed by atoms with Gasteiger partial charge in [-0.25, -0.2) is 4.79 Å². The zero-order chi connectivity index (χ0) is 12.1. The van der Waals surface area contributed by atoms with Gasteiger partial charge in [-0.15, -0.1) is 0 Å². The van der Waals surface area contributed by atoms with Crippen molar-refractivity contribution in [1.82, 2.24) is 4.98 Å². The second kappa shape index (κ2) is 5.09. The third kappa shape index (κ3) is 2.26. The molecule has 0 saturated carbocycles. The van der Waals surface area contributed by atoms with Crippen LogP contribution in [0.4, 0.5) is 0 Å². The van der Waals surface area contributed by atoms with E-state index < -0.39 is 11.5 Å². The summed E-state index contributed by atoms with van der Waals surface area (Å²) < 4.78 is 0. The second-order valence-electron chi connectivity index (χ2n) is 2.90. The Labute approximate surface area is 91.5 Å². The van der Waals surface area contributed by atoms with Crippen LogP contribution in [-0.4, -0.2) is 23.1 Å². The fraction of sp³-hybridized carbons (Fsp3) is 0.0909. The molecule has 0 spiro atoms. The number of nitrogens with one attached hydrogen (secondary N) is 1. The number of H-pyrrole nitrogens is 1. The van der Waals surface area contributed by atoms with E-state index >= 15 is 0 Å². The minimum atomic E-state index is -1.09. The number of aromatic nitrogens is 1. The first-order chi connectivity index (χ1) is 7.68. The van der Waals surface area contributed by atoms with Gasteiger partial charge in [-0.1, -0.05) is 18.2 Å². The average molecular weight is 220 g/mol. The standard InChI is InChI=1S/C10H7NO3.CH5N/c12-9-5-7(10(13)14)6-3-1-2-4-8(6)11-9;1-2/h1-5H,(H,11,12)(H,13,14);2H2,1H3. The van der Waals surface area contributed by atoms with Crippen LogP contribution in [0.3, 0.4) is 0 Å². The molecule has 4 N–H and O–H groups in total. The number of rotatable bonds is 1. The lowest BCUT2D eigenvalue weighted by atomic mass is 10.1. The molecule has 1 heterocycles. The van der Waals surface area contributed by atoms with Gasteiger partial charge in [0.1, 0.15) is 0 Å². The second-order valence-corrected chi connectivity index (χ2v) is 2.90. The van der Waals surface area contributed by atoms with Crippen LogP contribution in [0.1, 0.15) is 10.4 Å². The lowest BCUT2D eigenvalue weighted by molar-refractivity contribution is 0.0699. The minimum absolute atomic E-state index is 0.0318. The molecule has 0 fully saturated rings. The maximum absolute atomic E-state index is 11.1. The molecule has 2 aromatic rings. The first-order valence-corrected chi connectivity index (χ1v) is 4.61. The van der Waals surface area contributed by atoms with E-state index in [0.717, 1.165) is 6.07 Å². The smallest absolute Gasteiger partial charge is 0.336 e. The number of para-hydroxylation sites is 1. The van der Waals surface area contributed by atoms with Gasteiger partial charge in [0.15, 0.2) is 0 Å². The van der Waals surface area contributed by atoms with Crippen LogP contribution in [0.2, 0.25) is 0 Å². The van der Waals surface area contributed by atoms with Crippen molar-refractivity contribution in [3.63, 3.8) is 0 Å². The van der Waals surface area contributed by atoms with Crippen molar-refractivity contribution in [2.24, 2.45) is 5.73 Å². The number of aromatic amines is 1. The number of fused-ring (bicyclic) bond motifs is 1. The summed E-state index contributed by atoms with van der Waals surface area (Å²) in [6.45, 7) is 0. The lowest BCUT2D eigenvalue weighted by Crippen LogP contribution is -2.09. The Hall–Kier alpha value is -2.14. The molecule has 0 unspecified atom stereocenters. The SMILES string of the molecule is CN.O=C(O)c1cc(=O)[nH]c2ccccc12. The molecule has 0 radical (unpaired) electrons. The van der Waals surface area contributed by atoms with Crippen molar-refractivity contribution < 1.29 is 9.90 Å². The molecule has 5 heteroatoms. The van der Waals surface area contributed by atoms with E-state index in [1.807, 2.05) is 0 Å². The molecule has 0 aliphatic carbocycles. The molecule has 0 aliphatic rings. The fourth-order valence-corrected chi connectivity index (χ4v) is 1.38. The van der Waals surface area contributed by atoms with Gasteiger partial charge in [-0.05, 0) is 13.1 Å². The zero-order valence-corrected chi connectivity index (χ0v) is 8.73. The van der Waals surface area contributed by atoms with Gasteiger partial charge in [-0.2, -0.15) is 0 Å². The van der Waals surface area contributed by atoms with Crippen molar-refractivity contribution in [3.8, 4) is 0 Å². The molecule has 0 aliphatic heterocycles. The zero-order valence-electron chi connectivity index (χ0n) is 8.73. The van der Waals surface area contributed by atoms with E-state index in [-0.39, 0.29) is 5.56 Å². The Morgan fingerprint density at radius 3 is 2.56 bits per heavy atom. The molecule has 84 valence electrons. The fourth-order valence-electron chi connectivity index (χ4n) is 1.38. The van der Waals surface area contributed by atoms with Crippen LogP contribution in [0.25, 0.3) is 10.9 Å². The molecule has 1 aromatic heterocycles. The molecule has 0 atom stereocenters. The van der Waals surface area contributed by atoms with Crippen molar-refractivity contribution in [2.75, 3.05) is 7.05 Å². The molecule has 1 aromatic carbocycles. The molecule has 5 nitrogen and oxygen atoms in total. The quantitative estimate of drug-likeness (QED) is 0.662. The Kier molecular flexibility index (Phi) is 3.79. The maximum Gasteiger partial charge on any atom is 0.336 e. The van der Waals surface area contributed by atoms with Crippen LogP contribution in [-0.2, 0) is 0 Å². The van der Waals surface area contributed by atoms with Gasteiger partial charge in [0.25, 0.3) is 0 Å². The van der Waals surface area contributed by atoms with Gasteiger partial charge in [-0.3, -0.25) is 4.79 Å². The third-order valence-electron chi connectivity index (χ3n) is 1.98. The van der Waals surface area contributed by atoms with E-state index in [0.29, 0.717) is 10.9 Å². The Bertz CT molecular complexity index is 560. The lowest BCUT2D eigenvalue weighted by Gasteiger charge is -2.00. The summed E-state index contributed by atoms with van der Waals surface area (Å²) in [5.74, 6) is -1.09. The van der Waals surface area contributed by atoms with E-state index in [1.54, 1.807) is 24.3 Å². The average Bonchev–Trinajstić information content (AvgIpc) is 2.30. The highest BCUT2D eigenvalue weighted by molar-refractivity contribution is 6.02. The van der Waals surface area contributed by atoms with Gasteiger partial charge in [0.05, 0.1) is 5.56 Å². The monoisotopic (exact) mass is 220 g/mol. The number of pyridine rings is 1. The summed E-state index contributed by atoms with van der Waals surface area (Å²) in [4.78, 5) is 24.5. The van der Waals surface area contributed by atoms with Gasteiger partial charge < -0.3 is 15.8 Å². The summed E-state index contributed by atoms with van der Waals surface area (Å²) in [5, 5.41) is 9.40. The van der Waals surface area contributed by atoms with Crippen molar-refractivity contribution in [2.45, 2.75) is 0 Å². The molecule has 16 heavy (non-hydrogen) atoms. The third-order valence-corrected chi connectivity index (χ3v) is 1.98. The van der Waals surface area contributed by atoms with E-state index in [9.17, 15) is 9.59 Å². The predicted octanol–water partition coefficient (Wildman–Crippen LogP) is 0.801. The van der Waals surface area contributed by atoms with E-state index in [1.165, 1.54) is 7.05 Å². The summed E-state index contributed by atoms with van der Waals surface area (Å²) in [7, 11) is 1.50. The highest BCUT2D eigenvalue weighted by Crippen LogP contribution is 2.13. The number of carboxylic acid groups (broad SMARTS) is 1. The van der Waals surface area contributed by atoms with Crippen LogP contribution < -0.4 is 11.3 Å². The van der Waals surface area contributed by atoms with Crippen LogP contribution in [0.5, 0.6) is 0 Å². The van der Waals surface area contributed by atoms with Crippen LogP contribution in [0, 0.1) is 0 Å². The van der Waals surface area contributed by atoms with Crippen molar-refractivity contribution in [3.05, 3.63) is 46.2 Å². The first-order valence-electron chi connectivity index (χ1n) is 4.61. The summed E-state index contributed by atoms with van der Waals surface area (Å²) in [5.41, 5.74) is 4.67. The van der Waals surface area contributed by atoms with Crippen LogP contribution in [0.15, 0.2) is 35.1 Å². The molecular formula is C11H12N2O3. The van der Waals surface area contributed by atoms with Crippen molar-refractivity contribution in [1.29, 1.82) is 0 Å². The van der Waals surface area contributed by atoms with Crippen LogP contribution >= 0.6 is 0 Å². The number of nitrogens with two attached hydrogens (primary N) is 1. The summed E-state index contributed by atoms with van der Waals surface area (Å²) in [6, 6.07) is 7.89. The summed E-state index contributed by atoms with van der Waals surface area (Å²) >= 11 is 0. The molecule has 0 saturated heterocycles. The van der Waals surface area contributed by atoms with E-state index in [2.05, 4.69) is 10.7 Å². The minimum Gasteiger partial charge on any atom is -0.478 e. The summed E-state index contributed by atoms with van der Waals surface area (Å²) in [6.07, 6.45) is 0. The number of carboxylic acids is 1. The topological polar surface area (TPSA) is 96.2 Å². The number of aromatic carboxylic acids is 1. The Morgan fingerprint density at radius 1 is 1.31 bits per heavy atom. The highest BCUT2D eigenvalue weighted by atomic mass is 16.4. The van der Waals surface area contributed by atoms with E-state index in [4.69, 9.17) is 5.11 Å². The van der Waals surface area contributed by atoms with Gasteiger partial charge in [0.2, 0.25) is 5.56 Å². The molecule has 0 amide bonds. The Balaban J connectivity index is 0.000000606. The normalized spacial score (nSPS) is 9.38. The highest BCUT2D eigenvalue weighted by Gasteiger charge is 2.08. The largest absolute Gasteiger partial charge is 0.478 e. The number of benzene rings is 1. The first kappa shape index (κ1) is 11.9. The van der Waals surface area contributed by atoms with Gasteiger partial charge in [0, 0.05) is 17.0 Å².